The number of likely N-dealkylation sites (tertiary alicyclic amines) is 1. The van der Waals surface area contributed by atoms with E-state index in [9.17, 15) is 18.4 Å². The van der Waals surface area contributed by atoms with Gasteiger partial charge in [0.05, 0.1) is 17.5 Å². The summed E-state index contributed by atoms with van der Waals surface area (Å²) in [4.78, 5) is 31.6. The molecule has 3 N–H and O–H groups in total. The van der Waals surface area contributed by atoms with E-state index in [1.165, 1.54) is 12.8 Å². The van der Waals surface area contributed by atoms with Crippen LogP contribution in [0.2, 0.25) is 0 Å². The number of rotatable bonds is 4. The Balaban J connectivity index is 0.000000196. The van der Waals surface area contributed by atoms with Crippen LogP contribution in [0.3, 0.4) is 0 Å². The highest BCUT2D eigenvalue weighted by Crippen LogP contribution is 2.22. The fraction of sp³-hybridized carbons (Fsp3) is 0.640. The molecule has 2 aliphatic rings. The Morgan fingerprint density at radius 3 is 2.51 bits per heavy atom. The quantitative estimate of drug-likeness (QED) is 0.565. The SMILES string of the molecule is CC(C)(C)OC(=O)N1CCCCC1CC(=O)O.Fc1cc2nc(CC3CCCCN3)[nH]c2cc1F. The minimum absolute atomic E-state index is 0.000751. The van der Waals surface area contributed by atoms with Crippen LogP contribution in [0.1, 0.15) is 71.5 Å². The molecule has 2 aromatic rings. The molecule has 0 aliphatic carbocycles. The van der Waals surface area contributed by atoms with Gasteiger partial charge in [0.1, 0.15) is 11.4 Å². The summed E-state index contributed by atoms with van der Waals surface area (Å²) in [6, 6.07) is 2.49. The maximum atomic E-state index is 13.1. The van der Waals surface area contributed by atoms with Crippen molar-refractivity contribution in [3.8, 4) is 0 Å². The maximum absolute atomic E-state index is 13.1. The van der Waals surface area contributed by atoms with Crippen molar-refractivity contribution in [2.24, 2.45) is 0 Å². The van der Waals surface area contributed by atoms with E-state index in [-0.39, 0.29) is 12.5 Å². The van der Waals surface area contributed by atoms with Crippen molar-refractivity contribution < 1.29 is 28.2 Å². The van der Waals surface area contributed by atoms with Crippen molar-refractivity contribution in [1.29, 1.82) is 0 Å². The summed E-state index contributed by atoms with van der Waals surface area (Å²) in [5.74, 6) is -1.77. The molecule has 4 rings (SSSR count). The summed E-state index contributed by atoms with van der Waals surface area (Å²) in [7, 11) is 0. The summed E-state index contributed by atoms with van der Waals surface area (Å²) < 4.78 is 31.4. The molecule has 1 aromatic heterocycles. The Kier molecular flexibility index (Phi) is 9.04. The molecule has 194 valence electrons. The van der Waals surface area contributed by atoms with Crippen LogP contribution in [0.5, 0.6) is 0 Å². The Hall–Kier alpha value is -2.75. The molecule has 8 nitrogen and oxygen atoms in total. The van der Waals surface area contributed by atoms with E-state index < -0.39 is 29.3 Å². The highest BCUT2D eigenvalue weighted by atomic mass is 19.2. The zero-order valence-corrected chi connectivity index (χ0v) is 20.7. The third kappa shape index (κ3) is 8.16. The van der Waals surface area contributed by atoms with Crippen LogP contribution in [-0.4, -0.2) is 62.8 Å². The molecule has 0 spiro atoms. The predicted molar refractivity (Wildman–Crippen MR) is 128 cm³/mol. The van der Waals surface area contributed by atoms with E-state index in [2.05, 4.69) is 15.3 Å². The average molecular weight is 495 g/mol. The van der Waals surface area contributed by atoms with Gasteiger partial charge in [0, 0.05) is 37.2 Å². The first-order valence-electron chi connectivity index (χ1n) is 12.3. The first-order valence-corrected chi connectivity index (χ1v) is 12.3. The molecule has 0 bridgehead atoms. The zero-order valence-electron chi connectivity index (χ0n) is 20.7. The molecule has 3 heterocycles. The number of carboxylic acid groups (broad SMARTS) is 1. The lowest BCUT2D eigenvalue weighted by Gasteiger charge is -2.36. The molecule has 10 heteroatoms. The lowest BCUT2D eigenvalue weighted by atomic mass is 10.00. The first-order chi connectivity index (χ1) is 16.5. The number of hydrogen-bond acceptors (Lipinski definition) is 5. The number of aromatic amines is 1. The summed E-state index contributed by atoms with van der Waals surface area (Å²) in [6.45, 7) is 7.05. The Bertz CT molecular complexity index is 976. The third-order valence-corrected chi connectivity index (χ3v) is 6.09. The van der Waals surface area contributed by atoms with Crippen LogP contribution >= 0.6 is 0 Å². The second kappa shape index (κ2) is 11.8. The fourth-order valence-electron chi connectivity index (χ4n) is 4.46. The van der Waals surface area contributed by atoms with Gasteiger partial charge < -0.3 is 25.0 Å². The number of piperidine rings is 2. The van der Waals surface area contributed by atoms with Crippen molar-refractivity contribution in [2.75, 3.05) is 13.1 Å². The molecule has 2 aliphatic heterocycles. The number of carbonyl (C=O) groups excluding carboxylic acids is 1. The normalized spacial score (nSPS) is 20.8. The van der Waals surface area contributed by atoms with Crippen molar-refractivity contribution in [2.45, 2.75) is 89.8 Å². The Labute approximate surface area is 204 Å². The van der Waals surface area contributed by atoms with Gasteiger partial charge in [0.25, 0.3) is 0 Å². The van der Waals surface area contributed by atoms with Crippen LogP contribution in [0, 0.1) is 11.6 Å². The van der Waals surface area contributed by atoms with Crippen LogP contribution in [0.15, 0.2) is 12.1 Å². The summed E-state index contributed by atoms with van der Waals surface area (Å²) in [5, 5.41) is 12.2. The number of aliphatic carboxylic acids is 1. The number of ether oxygens (including phenoxy) is 1. The smallest absolute Gasteiger partial charge is 0.410 e. The molecule has 0 saturated carbocycles. The summed E-state index contributed by atoms with van der Waals surface area (Å²) in [6.07, 6.45) is 6.56. The molecule has 35 heavy (non-hydrogen) atoms. The van der Waals surface area contributed by atoms with Gasteiger partial charge in [-0.2, -0.15) is 0 Å². The van der Waals surface area contributed by atoms with Crippen molar-refractivity contribution in [1.82, 2.24) is 20.2 Å². The highest BCUT2D eigenvalue weighted by molar-refractivity contribution is 5.75. The van der Waals surface area contributed by atoms with Gasteiger partial charge in [-0.25, -0.2) is 18.6 Å². The number of fused-ring (bicyclic) bond motifs is 1. The number of amides is 1. The number of halogens is 2. The largest absolute Gasteiger partial charge is 0.481 e. The molecule has 2 unspecified atom stereocenters. The van der Waals surface area contributed by atoms with Crippen molar-refractivity contribution in [3.63, 3.8) is 0 Å². The molecule has 2 fully saturated rings. The van der Waals surface area contributed by atoms with Gasteiger partial charge in [-0.3, -0.25) is 4.79 Å². The number of aromatic nitrogens is 2. The first kappa shape index (κ1) is 26.8. The van der Waals surface area contributed by atoms with Crippen LogP contribution in [0.4, 0.5) is 13.6 Å². The molecule has 0 radical (unpaired) electrons. The summed E-state index contributed by atoms with van der Waals surface area (Å²) >= 11 is 0. The van der Waals surface area contributed by atoms with E-state index in [0.717, 1.165) is 56.6 Å². The number of nitrogens with one attached hydrogen (secondary N) is 2. The van der Waals surface area contributed by atoms with Gasteiger partial charge in [0.2, 0.25) is 0 Å². The minimum Gasteiger partial charge on any atom is -0.481 e. The predicted octanol–water partition coefficient (Wildman–Crippen LogP) is 4.78. The molecule has 2 atom stereocenters. The number of carboxylic acids is 1. The number of H-pyrrole nitrogens is 1. The van der Waals surface area contributed by atoms with E-state index >= 15 is 0 Å². The number of imidazole rings is 1. The third-order valence-electron chi connectivity index (χ3n) is 6.09. The Morgan fingerprint density at radius 2 is 1.86 bits per heavy atom. The minimum atomic E-state index is -0.870. The monoisotopic (exact) mass is 494 g/mol. The van der Waals surface area contributed by atoms with Gasteiger partial charge in [-0.1, -0.05) is 6.42 Å². The van der Waals surface area contributed by atoms with Crippen LogP contribution in [0.25, 0.3) is 11.0 Å². The molecule has 1 amide bonds. The van der Waals surface area contributed by atoms with Gasteiger partial charge in [-0.05, 0) is 59.4 Å². The molecule has 1 aromatic carbocycles. The highest BCUT2D eigenvalue weighted by Gasteiger charge is 2.31. The number of carbonyl (C=O) groups is 2. The molecule has 2 saturated heterocycles. The number of benzene rings is 1. The van der Waals surface area contributed by atoms with Gasteiger partial charge in [0.15, 0.2) is 11.6 Å². The number of hydrogen-bond donors (Lipinski definition) is 3. The topological polar surface area (TPSA) is 108 Å². The van der Waals surface area contributed by atoms with Crippen molar-refractivity contribution >= 4 is 23.1 Å². The van der Waals surface area contributed by atoms with E-state index in [1.54, 1.807) is 25.7 Å². The van der Waals surface area contributed by atoms with Crippen LogP contribution in [-0.2, 0) is 16.0 Å². The van der Waals surface area contributed by atoms with Crippen molar-refractivity contribution in [3.05, 3.63) is 29.6 Å². The van der Waals surface area contributed by atoms with Crippen LogP contribution < -0.4 is 5.32 Å². The van der Waals surface area contributed by atoms with E-state index in [0.29, 0.717) is 23.6 Å². The lowest BCUT2D eigenvalue weighted by Crippen LogP contribution is -2.46. The standard InChI is InChI=1S/C13H15F2N3.C12H21NO4/c14-9-6-11-12(7-10(9)15)18-13(17-11)5-8-3-1-2-4-16-8;1-12(2,3)17-11(16)13-7-5-4-6-9(13)8-10(14)15/h6-8,16H,1-5H2,(H,17,18);9H,4-8H2,1-3H3,(H,14,15). The van der Waals surface area contributed by atoms with E-state index in [4.69, 9.17) is 9.84 Å². The molecular weight excluding hydrogens is 458 g/mol. The average Bonchev–Trinajstić information content (AvgIpc) is 3.14. The van der Waals surface area contributed by atoms with Gasteiger partial charge >= 0.3 is 12.1 Å². The van der Waals surface area contributed by atoms with E-state index in [1.807, 2.05) is 0 Å². The maximum Gasteiger partial charge on any atom is 0.410 e. The summed E-state index contributed by atoms with van der Waals surface area (Å²) in [5.41, 5.74) is 0.502. The Morgan fingerprint density at radius 1 is 1.14 bits per heavy atom. The van der Waals surface area contributed by atoms with Gasteiger partial charge in [-0.15, -0.1) is 0 Å². The molecular formula is C25H36F2N4O4. The number of nitrogens with zero attached hydrogens (tertiary/aromatic N) is 2. The second-order valence-corrected chi connectivity index (χ2v) is 10.2. The fourth-order valence-corrected chi connectivity index (χ4v) is 4.46. The zero-order chi connectivity index (χ0) is 25.6. The second-order valence-electron chi connectivity index (χ2n) is 10.2. The lowest BCUT2D eigenvalue weighted by molar-refractivity contribution is -0.138.